The zero-order valence-electron chi connectivity index (χ0n) is 9.22. The quantitative estimate of drug-likeness (QED) is 0.575. The zero-order valence-corrected chi connectivity index (χ0v) is 9.22. The minimum absolute atomic E-state index is 0.0844. The molecule has 1 heterocycles. The maximum atomic E-state index is 11.0. The van der Waals surface area contributed by atoms with Crippen molar-refractivity contribution in [3.63, 3.8) is 0 Å². The van der Waals surface area contributed by atoms with Crippen LogP contribution in [0.2, 0.25) is 0 Å². The monoisotopic (exact) mass is 246 g/mol. The highest BCUT2D eigenvalue weighted by atomic mass is 16.7. The summed E-state index contributed by atoms with van der Waals surface area (Å²) in [4.78, 5) is 27.3. The van der Waals surface area contributed by atoms with Gasteiger partial charge in [0.25, 0.3) is 12.4 Å². The van der Waals surface area contributed by atoms with E-state index in [1.54, 1.807) is 24.3 Å². The third kappa shape index (κ3) is 2.61. The van der Waals surface area contributed by atoms with Gasteiger partial charge in [0.1, 0.15) is 0 Å². The van der Waals surface area contributed by atoms with E-state index >= 15 is 0 Å². The summed E-state index contributed by atoms with van der Waals surface area (Å²) < 4.78 is 0. The van der Waals surface area contributed by atoms with Crippen molar-refractivity contribution in [3.05, 3.63) is 30.3 Å². The van der Waals surface area contributed by atoms with Crippen molar-refractivity contribution in [2.24, 2.45) is 0 Å². The number of nitrogen functional groups attached to an aromatic ring is 2. The number of hydrogen-bond donors (Lipinski definition) is 2. The van der Waals surface area contributed by atoms with Crippen LogP contribution in [0.5, 0.6) is 5.75 Å². The number of nitrogens with zero attached hydrogens (tertiary/aromatic N) is 4. The van der Waals surface area contributed by atoms with Gasteiger partial charge in [0.05, 0.1) is 0 Å². The van der Waals surface area contributed by atoms with Crippen molar-refractivity contribution in [2.45, 2.75) is 0 Å². The molecule has 1 amide bonds. The van der Waals surface area contributed by atoms with Crippen LogP contribution in [0.3, 0.4) is 0 Å². The highest BCUT2D eigenvalue weighted by Crippen LogP contribution is 2.14. The predicted molar refractivity (Wildman–Crippen MR) is 64.3 cm³/mol. The SMILES string of the molecule is Nc1nc(N)nc(N(C=O)Oc2ccccc2)n1. The second-order valence-corrected chi connectivity index (χ2v) is 3.19. The van der Waals surface area contributed by atoms with Crippen molar-refractivity contribution in [1.29, 1.82) is 0 Å². The van der Waals surface area contributed by atoms with E-state index in [-0.39, 0.29) is 17.8 Å². The van der Waals surface area contributed by atoms with Gasteiger partial charge in [0, 0.05) is 0 Å². The van der Waals surface area contributed by atoms with E-state index < -0.39 is 0 Å². The molecule has 0 radical (unpaired) electrons. The maximum Gasteiger partial charge on any atom is 0.273 e. The van der Waals surface area contributed by atoms with E-state index in [1.807, 2.05) is 6.07 Å². The van der Waals surface area contributed by atoms with Crippen LogP contribution in [-0.2, 0) is 4.79 Å². The summed E-state index contributed by atoms with van der Waals surface area (Å²) in [6.45, 7) is 0. The molecule has 0 spiro atoms. The first-order chi connectivity index (χ1) is 8.69. The molecule has 0 aliphatic carbocycles. The van der Waals surface area contributed by atoms with Crippen molar-refractivity contribution >= 4 is 24.3 Å². The van der Waals surface area contributed by atoms with Gasteiger partial charge in [-0.05, 0) is 12.1 Å². The summed E-state index contributed by atoms with van der Waals surface area (Å²) >= 11 is 0. The second kappa shape index (κ2) is 4.95. The number of carbonyl (C=O) groups excluding carboxylic acids is 1. The second-order valence-electron chi connectivity index (χ2n) is 3.19. The van der Waals surface area contributed by atoms with Crippen molar-refractivity contribution in [2.75, 3.05) is 16.5 Å². The molecule has 1 aromatic heterocycles. The van der Waals surface area contributed by atoms with Crippen LogP contribution in [0.4, 0.5) is 17.8 Å². The first-order valence-electron chi connectivity index (χ1n) is 4.93. The molecule has 92 valence electrons. The zero-order chi connectivity index (χ0) is 13.0. The van der Waals surface area contributed by atoms with Crippen LogP contribution in [-0.4, -0.2) is 21.4 Å². The molecular weight excluding hydrogens is 236 g/mol. The molecule has 8 nitrogen and oxygen atoms in total. The van der Waals surface area contributed by atoms with Gasteiger partial charge < -0.3 is 16.3 Å². The fourth-order valence-electron chi connectivity index (χ4n) is 1.20. The van der Waals surface area contributed by atoms with Gasteiger partial charge in [-0.25, -0.2) is 0 Å². The van der Waals surface area contributed by atoms with E-state index in [4.69, 9.17) is 16.3 Å². The van der Waals surface area contributed by atoms with Crippen LogP contribution < -0.4 is 21.4 Å². The van der Waals surface area contributed by atoms with E-state index in [2.05, 4.69) is 15.0 Å². The first kappa shape index (κ1) is 11.6. The van der Waals surface area contributed by atoms with Crippen LogP contribution >= 0.6 is 0 Å². The number of anilines is 3. The minimum atomic E-state index is -0.0963. The molecule has 2 rings (SSSR count). The van der Waals surface area contributed by atoms with Gasteiger partial charge in [-0.2, -0.15) is 15.0 Å². The largest absolute Gasteiger partial charge is 0.369 e. The molecular formula is C10H10N6O2. The topological polar surface area (TPSA) is 120 Å². The Bertz CT molecular complexity index is 527. The van der Waals surface area contributed by atoms with Gasteiger partial charge in [-0.1, -0.05) is 18.2 Å². The number of rotatable bonds is 4. The standard InChI is InChI=1S/C10H10N6O2/c11-8-13-9(12)15-10(14-8)16(6-17)18-7-4-2-1-3-5-7/h1-6H,(H4,11,12,13,14,15). The first-order valence-corrected chi connectivity index (χ1v) is 4.93. The summed E-state index contributed by atoms with van der Waals surface area (Å²) in [7, 11) is 0. The molecule has 1 aromatic carbocycles. The summed E-state index contributed by atoms with van der Waals surface area (Å²) in [6, 6.07) is 8.68. The highest BCUT2D eigenvalue weighted by molar-refractivity contribution is 5.69. The summed E-state index contributed by atoms with van der Waals surface area (Å²) in [5.41, 5.74) is 10.8. The number of aromatic nitrogens is 3. The maximum absolute atomic E-state index is 11.0. The van der Waals surface area contributed by atoms with Gasteiger partial charge in [-0.15, -0.1) is 5.06 Å². The summed E-state index contributed by atoms with van der Waals surface area (Å²) in [5.74, 6) is 0.169. The lowest BCUT2D eigenvalue weighted by atomic mass is 10.3. The molecule has 0 bridgehead atoms. The Labute approximate surface area is 102 Å². The number of amides is 1. The number of nitrogens with two attached hydrogens (primary N) is 2. The van der Waals surface area contributed by atoms with Gasteiger partial charge in [0.2, 0.25) is 11.9 Å². The van der Waals surface area contributed by atoms with E-state index in [0.29, 0.717) is 12.2 Å². The lowest BCUT2D eigenvalue weighted by Gasteiger charge is -2.15. The molecule has 0 aliphatic rings. The van der Waals surface area contributed by atoms with Crippen molar-refractivity contribution in [3.8, 4) is 5.75 Å². The van der Waals surface area contributed by atoms with Crippen LogP contribution in [0.1, 0.15) is 0 Å². The Morgan fingerprint density at radius 1 is 1.06 bits per heavy atom. The van der Waals surface area contributed by atoms with Crippen molar-refractivity contribution in [1.82, 2.24) is 15.0 Å². The number of benzene rings is 1. The third-order valence-corrected chi connectivity index (χ3v) is 1.90. The number of hydrogen-bond acceptors (Lipinski definition) is 7. The molecule has 0 atom stereocenters. The molecule has 0 unspecified atom stereocenters. The lowest BCUT2D eigenvalue weighted by Crippen LogP contribution is -2.28. The summed E-state index contributed by atoms with van der Waals surface area (Å²) in [5, 5.41) is 0.809. The fourth-order valence-corrected chi connectivity index (χ4v) is 1.20. The molecule has 0 fully saturated rings. The average molecular weight is 246 g/mol. The summed E-state index contributed by atoms with van der Waals surface area (Å²) in [6.07, 6.45) is 0.404. The van der Waals surface area contributed by atoms with E-state index in [1.165, 1.54) is 0 Å². The molecule has 0 aliphatic heterocycles. The molecule has 8 heteroatoms. The minimum Gasteiger partial charge on any atom is -0.369 e. The molecule has 2 aromatic rings. The number of carbonyl (C=O) groups is 1. The Morgan fingerprint density at radius 2 is 1.67 bits per heavy atom. The Hall–Kier alpha value is -2.90. The molecule has 0 saturated carbocycles. The Morgan fingerprint density at radius 3 is 2.22 bits per heavy atom. The number of hydroxylamine groups is 1. The molecule has 4 N–H and O–H groups in total. The van der Waals surface area contributed by atoms with Crippen LogP contribution in [0, 0.1) is 0 Å². The van der Waals surface area contributed by atoms with Crippen LogP contribution in [0.15, 0.2) is 30.3 Å². The third-order valence-electron chi connectivity index (χ3n) is 1.90. The Kier molecular flexibility index (Phi) is 3.19. The normalized spacial score (nSPS) is 9.78. The average Bonchev–Trinajstić information content (AvgIpc) is 2.36. The van der Waals surface area contributed by atoms with E-state index in [0.717, 1.165) is 5.06 Å². The van der Waals surface area contributed by atoms with Gasteiger partial charge in [0.15, 0.2) is 5.75 Å². The van der Waals surface area contributed by atoms with Crippen LogP contribution in [0.25, 0.3) is 0 Å². The highest BCUT2D eigenvalue weighted by Gasteiger charge is 2.13. The van der Waals surface area contributed by atoms with Gasteiger partial charge >= 0.3 is 0 Å². The van der Waals surface area contributed by atoms with Gasteiger partial charge in [-0.3, -0.25) is 4.79 Å². The predicted octanol–water partition coefficient (Wildman–Crippen LogP) is -0.00720. The van der Waals surface area contributed by atoms with Crippen molar-refractivity contribution < 1.29 is 9.63 Å². The molecule has 18 heavy (non-hydrogen) atoms. The molecule has 0 saturated heterocycles. The lowest BCUT2D eigenvalue weighted by molar-refractivity contribution is -0.111. The number of para-hydroxylation sites is 1. The van der Waals surface area contributed by atoms with E-state index in [9.17, 15) is 4.79 Å². The Balaban J connectivity index is 2.25. The fraction of sp³-hybridized carbons (Fsp3) is 0. The smallest absolute Gasteiger partial charge is 0.273 e.